The largest absolute Gasteiger partial charge is 0.484 e. The predicted octanol–water partition coefficient (Wildman–Crippen LogP) is 4.17. The van der Waals surface area contributed by atoms with E-state index in [9.17, 15) is 13.6 Å². The van der Waals surface area contributed by atoms with E-state index in [1.54, 1.807) is 30.3 Å². The fraction of sp³-hybridized carbons (Fsp3) is 0.150. The third-order valence-electron chi connectivity index (χ3n) is 3.77. The van der Waals surface area contributed by atoms with Crippen molar-refractivity contribution < 1.29 is 22.7 Å². The molecule has 0 bridgehead atoms. The maximum Gasteiger partial charge on any atom is 0.261 e. The van der Waals surface area contributed by atoms with E-state index in [4.69, 9.17) is 9.15 Å². The van der Waals surface area contributed by atoms with Crippen LogP contribution in [0.3, 0.4) is 0 Å². The number of furan rings is 1. The minimum atomic E-state index is -0.386. The fourth-order valence-corrected chi connectivity index (χ4v) is 2.42. The van der Waals surface area contributed by atoms with E-state index in [0.717, 1.165) is 0 Å². The average Bonchev–Trinajstić information content (AvgIpc) is 3.15. The number of carbonyl (C=O) groups excluding carboxylic acids is 1. The summed E-state index contributed by atoms with van der Waals surface area (Å²) in [6.07, 6.45) is 1.51. The zero-order valence-electron chi connectivity index (χ0n) is 13.9. The molecule has 0 fully saturated rings. The molecule has 2 aromatic carbocycles. The van der Waals surface area contributed by atoms with Crippen LogP contribution in [0.5, 0.6) is 5.75 Å². The van der Waals surface area contributed by atoms with Crippen LogP contribution in [0.15, 0.2) is 71.3 Å². The third-order valence-corrected chi connectivity index (χ3v) is 3.77. The zero-order valence-corrected chi connectivity index (χ0v) is 13.9. The lowest BCUT2D eigenvalue weighted by atomic mass is 10.2. The van der Waals surface area contributed by atoms with Gasteiger partial charge in [0.25, 0.3) is 5.91 Å². The van der Waals surface area contributed by atoms with Gasteiger partial charge in [-0.05, 0) is 42.5 Å². The molecule has 26 heavy (non-hydrogen) atoms. The Bertz CT molecular complexity index is 848. The SMILES string of the molecule is O=C(COc1ccc(F)cc1)N(Cc1ccco1)Cc1ccccc1F. The lowest BCUT2D eigenvalue weighted by molar-refractivity contribution is -0.134. The topological polar surface area (TPSA) is 42.7 Å². The molecule has 0 saturated heterocycles. The Kier molecular flexibility index (Phi) is 5.63. The monoisotopic (exact) mass is 357 g/mol. The summed E-state index contributed by atoms with van der Waals surface area (Å²) in [5, 5.41) is 0. The molecule has 1 amide bonds. The van der Waals surface area contributed by atoms with E-state index in [0.29, 0.717) is 17.1 Å². The molecular weight excluding hydrogens is 340 g/mol. The highest BCUT2D eigenvalue weighted by atomic mass is 19.1. The Balaban J connectivity index is 1.70. The second kappa shape index (κ2) is 8.29. The van der Waals surface area contributed by atoms with E-state index in [1.807, 2.05) is 0 Å². The van der Waals surface area contributed by atoms with Gasteiger partial charge in [-0.15, -0.1) is 0 Å². The van der Waals surface area contributed by atoms with Crippen LogP contribution in [0, 0.1) is 11.6 Å². The number of halogens is 2. The second-order valence-electron chi connectivity index (χ2n) is 5.66. The Morgan fingerprint density at radius 1 is 0.962 bits per heavy atom. The summed E-state index contributed by atoms with van der Waals surface area (Å²) in [5.41, 5.74) is 0.397. The Morgan fingerprint density at radius 2 is 1.73 bits per heavy atom. The number of ether oxygens (including phenoxy) is 1. The van der Waals surface area contributed by atoms with Crippen LogP contribution in [0.25, 0.3) is 0 Å². The average molecular weight is 357 g/mol. The summed E-state index contributed by atoms with van der Waals surface area (Å²) < 4.78 is 37.6. The molecule has 1 heterocycles. The lowest BCUT2D eigenvalue weighted by Crippen LogP contribution is -2.34. The fourth-order valence-electron chi connectivity index (χ4n) is 2.42. The summed E-state index contributed by atoms with van der Waals surface area (Å²) in [7, 11) is 0. The van der Waals surface area contributed by atoms with Gasteiger partial charge in [-0.2, -0.15) is 0 Å². The van der Waals surface area contributed by atoms with Crippen molar-refractivity contribution in [3.05, 3.63) is 89.9 Å². The molecule has 0 radical (unpaired) electrons. The molecule has 0 unspecified atom stereocenters. The van der Waals surface area contributed by atoms with Gasteiger partial charge < -0.3 is 14.1 Å². The lowest BCUT2D eigenvalue weighted by Gasteiger charge is -2.22. The second-order valence-corrected chi connectivity index (χ2v) is 5.66. The Morgan fingerprint density at radius 3 is 2.42 bits per heavy atom. The molecule has 4 nitrogen and oxygen atoms in total. The first-order valence-electron chi connectivity index (χ1n) is 8.04. The number of hydrogen-bond donors (Lipinski definition) is 0. The predicted molar refractivity (Wildman–Crippen MR) is 91.3 cm³/mol. The zero-order chi connectivity index (χ0) is 18.4. The van der Waals surface area contributed by atoms with Gasteiger partial charge in [0.15, 0.2) is 6.61 Å². The van der Waals surface area contributed by atoms with Gasteiger partial charge in [-0.3, -0.25) is 4.79 Å². The molecule has 0 aliphatic heterocycles. The molecule has 0 aliphatic rings. The van der Waals surface area contributed by atoms with Gasteiger partial charge in [0.2, 0.25) is 0 Å². The van der Waals surface area contributed by atoms with E-state index >= 15 is 0 Å². The summed E-state index contributed by atoms with van der Waals surface area (Å²) in [6, 6.07) is 15.1. The molecule has 0 saturated carbocycles. The number of carbonyl (C=O) groups is 1. The van der Waals surface area contributed by atoms with Gasteiger partial charge in [-0.25, -0.2) is 8.78 Å². The Labute approximate surface area is 149 Å². The van der Waals surface area contributed by atoms with Crippen LogP contribution in [0.2, 0.25) is 0 Å². The van der Waals surface area contributed by atoms with Gasteiger partial charge in [0.05, 0.1) is 12.8 Å². The molecule has 0 N–H and O–H groups in total. The van der Waals surface area contributed by atoms with Gasteiger partial charge >= 0.3 is 0 Å². The van der Waals surface area contributed by atoms with Crippen LogP contribution in [-0.4, -0.2) is 17.4 Å². The number of nitrogens with zero attached hydrogens (tertiary/aromatic N) is 1. The number of benzene rings is 2. The molecule has 0 aliphatic carbocycles. The molecule has 0 atom stereocenters. The normalized spacial score (nSPS) is 10.5. The van der Waals surface area contributed by atoms with Crippen molar-refractivity contribution in [2.75, 3.05) is 6.61 Å². The summed E-state index contributed by atoms with van der Waals surface area (Å²) in [6.45, 7) is 0.0206. The first-order valence-corrected chi connectivity index (χ1v) is 8.04. The van der Waals surface area contributed by atoms with Gasteiger partial charge in [0, 0.05) is 12.1 Å². The molecule has 1 aromatic heterocycles. The summed E-state index contributed by atoms with van der Waals surface area (Å²) in [4.78, 5) is 14.0. The van der Waals surface area contributed by atoms with Crippen molar-refractivity contribution in [1.29, 1.82) is 0 Å². The van der Waals surface area contributed by atoms with Gasteiger partial charge in [0.1, 0.15) is 23.1 Å². The molecule has 134 valence electrons. The molecule has 0 spiro atoms. The first kappa shape index (κ1) is 17.7. The highest BCUT2D eigenvalue weighted by Gasteiger charge is 2.18. The quantitative estimate of drug-likeness (QED) is 0.637. The van der Waals surface area contributed by atoms with E-state index in [2.05, 4.69) is 0 Å². The third kappa shape index (κ3) is 4.69. The van der Waals surface area contributed by atoms with Crippen LogP contribution >= 0.6 is 0 Å². The van der Waals surface area contributed by atoms with Crippen molar-refractivity contribution in [2.45, 2.75) is 13.1 Å². The van der Waals surface area contributed by atoms with E-state index in [-0.39, 0.29) is 37.2 Å². The van der Waals surface area contributed by atoms with Crippen molar-refractivity contribution in [3.8, 4) is 5.75 Å². The summed E-state index contributed by atoms with van der Waals surface area (Å²) in [5.74, 6) is -0.152. The number of rotatable bonds is 7. The van der Waals surface area contributed by atoms with E-state index in [1.165, 1.54) is 41.5 Å². The van der Waals surface area contributed by atoms with Crippen LogP contribution in [0.1, 0.15) is 11.3 Å². The highest BCUT2D eigenvalue weighted by Crippen LogP contribution is 2.15. The minimum Gasteiger partial charge on any atom is -0.484 e. The van der Waals surface area contributed by atoms with Crippen molar-refractivity contribution in [1.82, 2.24) is 4.90 Å². The van der Waals surface area contributed by atoms with Crippen molar-refractivity contribution in [2.24, 2.45) is 0 Å². The minimum absolute atomic E-state index is 0.0823. The smallest absolute Gasteiger partial charge is 0.261 e. The molecule has 6 heteroatoms. The maximum absolute atomic E-state index is 14.0. The number of amides is 1. The van der Waals surface area contributed by atoms with Crippen LogP contribution in [-0.2, 0) is 17.9 Å². The maximum atomic E-state index is 14.0. The van der Waals surface area contributed by atoms with Crippen molar-refractivity contribution in [3.63, 3.8) is 0 Å². The van der Waals surface area contributed by atoms with E-state index < -0.39 is 0 Å². The Hall–Kier alpha value is -3.15. The molecular formula is C20H17F2NO3. The van der Waals surface area contributed by atoms with Crippen molar-refractivity contribution >= 4 is 5.91 Å². The summed E-state index contributed by atoms with van der Waals surface area (Å²) >= 11 is 0. The number of hydrogen-bond acceptors (Lipinski definition) is 3. The van der Waals surface area contributed by atoms with Crippen LogP contribution < -0.4 is 4.74 Å². The highest BCUT2D eigenvalue weighted by molar-refractivity contribution is 5.77. The molecule has 3 aromatic rings. The molecule has 3 rings (SSSR count). The van der Waals surface area contributed by atoms with Gasteiger partial charge in [-0.1, -0.05) is 18.2 Å². The standard InChI is InChI=1S/C20H17F2NO3/c21-16-7-9-17(10-8-16)26-14-20(24)23(13-18-5-3-11-25-18)12-15-4-1-2-6-19(15)22/h1-11H,12-14H2. The van der Waals surface area contributed by atoms with Crippen LogP contribution in [0.4, 0.5) is 8.78 Å². The first-order chi connectivity index (χ1) is 12.6.